The Balaban J connectivity index is 1.27. The maximum absolute atomic E-state index is 13.5. The first kappa shape index (κ1) is 33.7. The van der Waals surface area contributed by atoms with E-state index >= 15 is 0 Å². The van der Waals surface area contributed by atoms with Crippen molar-refractivity contribution >= 4 is 75.4 Å². The Morgan fingerprint density at radius 1 is 1.04 bits per heavy atom. The molecule has 3 fully saturated rings. The van der Waals surface area contributed by atoms with E-state index in [1.807, 2.05) is 30.3 Å². The second-order valence-corrected chi connectivity index (χ2v) is 13.8. The summed E-state index contributed by atoms with van der Waals surface area (Å²) in [7, 11) is 0. The summed E-state index contributed by atoms with van der Waals surface area (Å²) >= 11 is 19.3. The van der Waals surface area contributed by atoms with Crippen LogP contribution in [0.5, 0.6) is 5.75 Å². The number of carboxylic acid groups (broad SMARTS) is 1. The number of thiocarbonyl (C=S) groups is 1. The third-order valence-corrected chi connectivity index (χ3v) is 9.95. The number of carbonyl (C=O) groups excluding carboxylic acids is 2. The molecule has 2 heterocycles. The first-order chi connectivity index (χ1) is 21.7. The van der Waals surface area contributed by atoms with Gasteiger partial charge in [-0.25, -0.2) is 0 Å². The van der Waals surface area contributed by atoms with Crippen molar-refractivity contribution in [2.45, 2.75) is 38.1 Å². The number of carbonyl (C=O) groups is 3. The summed E-state index contributed by atoms with van der Waals surface area (Å²) in [5.74, 6) is -0.956. The molecule has 2 aromatic carbocycles. The Bertz CT molecular complexity index is 1450. The normalized spacial score (nSPS) is 21.7. The van der Waals surface area contributed by atoms with Crippen LogP contribution in [-0.4, -0.2) is 89.1 Å². The molecule has 0 atom stereocenters. The average Bonchev–Trinajstić information content (AvgIpc) is 3.28. The lowest BCUT2D eigenvalue weighted by atomic mass is 9.86. The van der Waals surface area contributed by atoms with Gasteiger partial charge < -0.3 is 19.9 Å². The van der Waals surface area contributed by atoms with Crippen LogP contribution in [0.3, 0.4) is 0 Å². The van der Waals surface area contributed by atoms with Gasteiger partial charge in [-0.1, -0.05) is 53.2 Å². The van der Waals surface area contributed by atoms with Crippen LogP contribution in [0.15, 0.2) is 41.3 Å². The van der Waals surface area contributed by atoms with Crippen LogP contribution in [0.2, 0.25) is 10.0 Å². The lowest BCUT2D eigenvalue weighted by Crippen LogP contribution is -2.40. The molecule has 13 heteroatoms. The quantitative estimate of drug-likeness (QED) is 0.226. The minimum absolute atomic E-state index is 0.0533. The highest BCUT2D eigenvalue weighted by Gasteiger charge is 2.33. The van der Waals surface area contributed by atoms with E-state index in [0.717, 1.165) is 30.8 Å². The molecule has 0 unspecified atom stereocenters. The van der Waals surface area contributed by atoms with Crippen molar-refractivity contribution in [3.63, 3.8) is 0 Å². The van der Waals surface area contributed by atoms with E-state index < -0.39 is 5.97 Å². The summed E-state index contributed by atoms with van der Waals surface area (Å²) in [6, 6.07) is 11.0. The van der Waals surface area contributed by atoms with Gasteiger partial charge in [0.2, 0.25) is 5.91 Å². The fourth-order valence-corrected chi connectivity index (χ4v) is 7.46. The average molecular weight is 693 g/mol. The van der Waals surface area contributed by atoms with Crippen molar-refractivity contribution in [2.75, 3.05) is 46.0 Å². The third kappa shape index (κ3) is 9.21. The Hall–Kier alpha value is -2.67. The summed E-state index contributed by atoms with van der Waals surface area (Å²) in [6.45, 7) is 4.51. The van der Waals surface area contributed by atoms with Crippen LogP contribution in [0.25, 0.3) is 17.2 Å². The number of ether oxygens (including phenoxy) is 2. The molecule has 5 rings (SSSR count). The van der Waals surface area contributed by atoms with Crippen molar-refractivity contribution in [1.82, 2.24) is 15.1 Å². The summed E-state index contributed by atoms with van der Waals surface area (Å²) < 4.78 is 12.0. The standard InChI is InChI=1S/C32H35Cl2N3O6S2/c33-24-16-22(17-25(34)19-24)21-3-6-27(43-14-11-36-9-12-42-13-10-36)23(15-21)18-28-30(39)37(32(44)45-28)8-7-29(38)35-26-4-1-20(2-5-26)31(40)41/h3,6,15-20,26H,1-2,4-5,7-14H2,(H,35,38)(H,40,41). The van der Waals surface area contributed by atoms with Gasteiger partial charge in [0, 0.05) is 54.3 Å². The zero-order chi connectivity index (χ0) is 31.9. The van der Waals surface area contributed by atoms with Crippen molar-refractivity contribution in [1.29, 1.82) is 0 Å². The van der Waals surface area contributed by atoms with Crippen molar-refractivity contribution < 1.29 is 29.0 Å². The highest BCUT2D eigenvalue weighted by Crippen LogP contribution is 2.37. The van der Waals surface area contributed by atoms with Gasteiger partial charge in [-0.3, -0.25) is 24.2 Å². The van der Waals surface area contributed by atoms with Crippen molar-refractivity contribution in [2.24, 2.45) is 5.92 Å². The van der Waals surface area contributed by atoms with Crippen LogP contribution >= 0.6 is 47.2 Å². The minimum Gasteiger partial charge on any atom is -0.492 e. The Kier molecular flexibility index (Phi) is 11.8. The number of rotatable bonds is 11. The topological polar surface area (TPSA) is 108 Å². The number of morpholine rings is 1. The molecule has 45 heavy (non-hydrogen) atoms. The van der Waals surface area contributed by atoms with E-state index in [9.17, 15) is 19.5 Å². The zero-order valence-electron chi connectivity index (χ0n) is 24.6. The van der Waals surface area contributed by atoms with Crippen molar-refractivity contribution in [3.8, 4) is 16.9 Å². The predicted octanol–water partition coefficient (Wildman–Crippen LogP) is 5.72. The summed E-state index contributed by atoms with van der Waals surface area (Å²) in [6.07, 6.45) is 4.22. The molecule has 9 nitrogen and oxygen atoms in total. The first-order valence-corrected chi connectivity index (χ1v) is 17.0. The highest BCUT2D eigenvalue weighted by atomic mass is 35.5. The van der Waals surface area contributed by atoms with E-state index in [-0.39, 0.29) is 36.7 Å². The number of hydrogen-bond acceptors (Lipinski definition) is 8. The molecule has 1 aliphatic carbocycles. The number of halogens is 2. The largest absolute Gasteiger partial charge is 0.492 e. The first-order valence-electron chi connectivity index (χ1n) is 15.0. The van der Waals surface area contributed by atoms with Gasteiger partial charge in [0.1, 0.15) is 16.7 Å². The van der Waals surface area contributed by atoms with Gasteiger partial charge >= 0.3 is 5.97 Å². The third-order valence-electron chi connectivity index (χ3n) is 8.14. The maximum atomic E-state index is 13.5. The lowest BCUT2D eigenvalue weighted by Gasteiger charge is -2.27. The number of nitrogens with zero attached hydrogens (tertiary/aromatic N) is 2. The Morgan fingerprint density at radius 3 is 2.44 bits per heavy atom. The molecule has 2 N–H and O–H groups in total. The van der Waals surface area contributed by atoms with Crippen LogP contribution in [-0.2, 0) is 19.1 Å². The fourth-order valence-electron chi connectivity index (χ4n) is 5.63. The Morgan fingerprint density at radius 2 is 1.76 bits per heavy atom. The SMILES string of the molecule is O=C(CCN1C(=O)C(=Cc2cc(-c3cc(Cl)cc(Cl)c3)ccc2OCCN2CCOCC2)SC1=S)NC1CCC(C(=O)O)CC1. The van der Waals surface area contributed by atoms with E-state index in [0.29, 0.717) is 76.1 Å². The summed E-state index contributed by atoms with van der Waals surface area (Å²) in [5.41, 5.74) is 2.40. The molecular weight excluding hydrogens is 657 g/mol. The van der Waals surface area contributed by atoms with E-state index in [1.165, 1.54) is 16.7 Å². The van der Waals surface area contributed by atoms with Crippen LogP contribution in [0.4, 0.5) is 0 Å². The number of amides is 2. The number of benzene rings is 2. The van der Waals surface area contributed by atoms with Crippen LogP contribution < -0.4 is 10.1 Å². The molecule has 0 radical (unpaired) electrons. The molecule has 2 aromatic rings. The van der Waals surface area contributed by atoms with Gasteiger partial charge in [-0.05, 0) is 73.2 Å². The number of hydrogen-bond donors (Lipinski definition) is 2. The van der Waals surface area contributed by atoms with Gasteiger partial charge in [0.05, 0.1) is 24.0 Å². The van der Waals surface area contributed by atoms with Crippen LogP contribution in [0, 0.1) is 5.92 Å². The maximum Gasteiger partial charge on any atom is 0.306 e. The molecule has 1 saturated carbocycles. The van der Waals surface area contributed by atoms with E-state index in [2.05, 4.69) is 10.2 Å². The van der Waals surface area contributed by atoms with Gasteiger partial charge in [0.25, 0.3) is 5.91 Å². The number of aliphatic carboxylic acids is 1. The predicted molar refractivity (Wildman–Crippen MR) is 181 cm³/mol. The molecule has 3 aliphatic rings. The highest BCUT2D eigenvalue weighted by molar-refractivity contribution is 8.26. The van der Waals surface area contributed by atoms with Crippen LogP contribution in [0.1, 0.15) is 37.7 Å². The smallest absolute Gasteiger partial charge is 0.306 e. The lowest BCUT2D eigenvalue weighted by molar-refractivity contribution is -0.142. The minimum atomic E-state index is -0.783. The molecule has 0 spiro atoms. The molecular formula is C32H35Cl2N3O6S2. The Labute approximate surface area is 282 Å². The van der Waals surface area contributed by atoms with E-state index in [1.54, 1.807) is 12.1 Å². The zero-order valence-corrected chi connectivity index (χ0v) is 27.8. The van der Waals surface area contributed by atoms with Crippen molar-refractivity contribution in [3.05, 3.63) is 56.9 Å². The monoisotopic (exact) mass is 691 g/mol. The molecule has 2 amide bonds. The summed E-state index contributed by atoms with van der Waals surface area (Å²) in [5, 5.41) is 13.2. The molecule has 2 aliphatic heterocycles. The molecule has 2 saturated heterocycles. The summed E-state index contributed by atoms with van der Waals surface area (Å²) in [4.78, 5) is 41.5. The number of nitrogens with one attached hydrogen (secondary N) is 1. The molecule has 240 valence electrons. The van der Waals surface area contributed by atoms with Gasteiger partial charge in [-0.2, -0.15) is 0 Å². The van der Waals surface area contributed by atoms with Gasteiger partial charge in [0.15, 0.2) is 0 Å². The van der Waals surface area contributed by atoms with Gasteiger partial charge in [-0.15, -0.1) is 0 Å². The second kappa shape index (κ2) is 15.8. The fraction of sp³-hybridized carbons (Fsp3) is 0.438. The molecule has 0 aromatic heterocycles. The van der Waals surface area contributed by atoms with E-state index in [4.69, 9.17) is 44.9 Å². The number of thioether (sulfide) groups is 1. The molecule has 0 bridgehead atoms. The second-order valence-electron chi connectivity index (χ2n) is 11.3. The number of carboxylic acids is 1.